The van der Waals surface area contributed by atoms with Crippen LogP contribution in [0.5, 0.6) is 5.75 Å². The van der Waals surface area contributed by atoms with Gasteiger partial charge < -0.3 is 19.4 Å². The zero-order valence-electron chi connectivity index (χ0n) is 20.0. The predicted molar refractivity (Wildman–Crippen MR) is 134 cm³/mol. The number of methoxy groups -OCH3 is 1. The molecule has 1 atom stereocenters. The molecule has 4 aromatic heterocycles. The molecule has 1 aliphatic rings. The Balaban J connectivity index is 1.69. The molecule has 0 spiro atoms. The van der Waals surface area contributed by atoms with Crippen LogP contribution in [-0.4, -0.2) is 37.3 Å². The first-order valence-electron chi connectivity index (χ1n) is 11.6. The van der Waals surface area contributed by atoms with Gasteiger partial charge in [-0.1, -0.05) is 24.2 Å². The molecule has 5 aromatic rings. The lowest BCUT2D eigenvalue weighted by Gasteiger charge is -2.19. The van der Waals surface area contributed by atoms with E-state index in [0.717, 1.165) is 67.8 Å². The molecule has 35 heavy (non-hydrogen) atoms. The number of H-pyrrole nitrogens is 1. The highest BCUT2D eigenvalue weighted by atomic mass is 16.5. The number of aromatic amines is 1. The van der Waals surface area contributed by atoms with E-state index in [1.807, 2.05) is 38.2 Å². The summed E-state index contributed by atoms with van der Waals surface area (Å²) in [4.78, 5) is 17.5. The number of hydrogen-bond donors (Lipinski definition) is 2. The van der Waals surface area contributed by atoms with Gasteiger partial charge in [0, 0.05) is 39.7 Å². The number of rotatable bonds is 4. The van der Waals surface area contributed by atoms with Gasteiger partial charge in [0.15, 0.2) is 5.82 Å². The number of aliphatic hydroxyl groups excluding tert-OH is 1. The number of hydrogen-bond acceptors (Lipinski definition) is 7. The molecule has 0 aliphatic heterocycles. The van der Waals surface area contributed by atoms with Gasteiger partial charge in [0.05, 0.1) is 35.1 Å². The number of benzene rings is 1. The molecule has 176 valence electrons. The SMILES string of the molecule is COc1cc2c(cc1-c1c(C)noc1C)[nH]c1nc(CO)nc(-c3ccnc4c3C=CCC4C)c12. The number of fused-ring (bicyclic) bond motifs is 4. The highest BCUT2D eigenvalue weighted by Gasteiger charge is 2.24. The van der Waals surface area contributed by atoms with Crippen molar-refractivity contribution in [1.82, 2.24) is 25.1 Å². The molecular weight excluding hydrogens is 442 g/mol. The number of aromatic nitrogens is 5. The van der Waals surface area contributed by atoms with E-state index < -0.39 is 0 Å². The van der Waals surface area contributed by atoms with Crippen molar-refractivity contribution in [2.24, 2.45) is 0 Å². The topological polar surface area (TPSA) is 110 Å². The average Bonchev–Trinajstić information content (AvgIpc) is 3.40. The third-order valence-corrected chi connectivity index (χ3v) is 6.78. The van der Waals surface area contributed by atoms with Gasteiger partial charge in [0.1, 0.15) is 23.8 Å². The molecule has 8 heteroatoms. The van der Waals surface area contributed by atoms with Crippen LogP contribution in [0.2, 0.25) is 0 Å². The summed E-state index contributed by atoms with van der Waals surface area (Å²) >= 11 is 0. The molecule has 0 amide bonds. The van der Waals surface area contributed by atoms with Crippen molar-refractivity contribution in [3.05, 3.63) is 59.0 Å². The quantitative estimate of drug-likeness (QED) is 0.361. The molecule has 0 saturated heterocycles. The lowest BCUT2D eigenvalue weighted by molar-refractivity contribution is 0.272. The number of aliphatic hydroxyl groups is 1. The minimum atomic E-state index is -0.258. The van der Waals surface area contributed by atoms with Crippen LogP contribution in [0.25, 0.3) is 50.4 Å². The van der Waals surface area contributed by atoms with Gasteiger partial charge in [0.25, 0.3) is 0 Å². The highest BCUT2D eigenvalue weighted by molar-refractivity contribution is 6.14. The summed E-state index contributed by atoms with van der Waals surface area (Å²) < 4.78 is 11.2. The van der Waals surface area contributed by atoms with Crippen molar-refractivity contribution in [1.29, 1.82) is 0 Å². The molecule has 4 heterocycles. The second-order valence-electron chi connectivity index (χ2n) is 8.99. The Morgan fingerprint density at radius 3 is 2.80 bits per heavy atom. The number of nitrogens with one attached hydrogen (secondary N) is 1. The summed E-state index contributed by atoms with van der Waals surface area (Å²) in [6.45, 7) is 5.73. The first-order valence-corrected chi connectivity index (χ1v) is 11.6. The van der Waals surface area contributed by atoms with Crippen molar-refractivity contribution in [3.8, 4) is 28.1 Å². The summed E-state index contributed by atoms with van der Waals surface area (Å²) in [5, 5.41) is 15.9. The molecule has 0 fully saturated rings. The molecule has 2 N–H and O–H groups in total. The maximum atomic E-state index is 9.93. The highest BCUT2D eigenvalue weighted by Crippen LogP contribution is 2.42. The average molecular weight is 468 g/mol. The van der Waals surface area contributed by atoms with Crippen molar-refractivity contribution in [3.63, 3.8) is 0 Å². The van der Waals surface area contributed by atoms with Crippen LogP contribution in [0.1, 0.15) is 47.8 Å². The van der Waals surface area contributed by atoms with Crippen molar-refractivity contribution in [2.45, 2.75) is 39.7 Å². The van der Waals surface area contributed by atoms with E-state index in [9.17, 15) is 5.11 Å². The van der Waals surface area contributed by atoms with Gasteiger partial charge in [-0.2, -0.15) is 0 Å². The number of ether oxygens (including phenoxy) is 1. The van der Waals surface area contributed by atoms with E-state index in [0.29, 0.717) is 23.1 Å². The van der Waals surface area contributed by atoms with Gasteiger partial charge in [-0.3, -0.25) is 4.98 Å². The fraction of sp³-hybridized carbons (Fsp3) is 0.259. The summed E-state index contributed by atoms with van der Waals surface area (Å²) in [5.41, 5.74) is 7.97. The van der Waals surface area contributed by atoms with E-state index in [-0.39, 0.29) is 6.61 Å². The third kappa shape index (κ3) is 3.24. The summed E-state index contributed by atoms with van der Waals surface area (Å²) in [6.07, 6.45) is 7.09. The van der Waals surface area contributed by atoms with E-state index >= 15 is 0 Å². The Hall–Kier alpha value is -4.04. The minimum absolute atomic E-state index is 0.258. The monoisotopic (exact) mass is 467 g/mol. The number of nitrogens with zero attached hydrogens (tertiary/aromatic N) is 4. The first kappa shape index (κ1) is 21.5. The van der Waals surface area contributed by atoms with Crippen LogP contribution in [0.3, 0.4) is 0 Å². The summed E-state index contributed by atoms with van der Waals surface area (Å²) in [6, 6.07) is 6.03. The molecular formula is C27H25N5O3. The Labute approximate surface area is 201 Å². The Morgan fingerprint density at radius 1 is 1.20 bits per heavy atom. The van der Waals surface area contributed by atoms with E-state index in [2.05, 4.69) is 39.2 Å². The molecule has 1 aromatic carbocycles. The zero-order chi connectivity index (χ0) is 24.3. The van der Waals surface area contributed by atoms with Gasteiger partial charge >= 0.3 is 0 Å². The first-order chi connectivity index (χ1) is 17.0. The molecule has 1 aliphatic carbocycles. The Morgan fingerprint density at radius 2 is 2.06 bits per heavy atom. The predicted octanol–water partition coefficient (Wildman–Crippen LogP) is 5.47. The second-order valence-corrected chi connectivity index (χ2v) is 8.99. The Kier molecular flexibility index (Phi) is 4.93. The van der Waals surface area contributed by atoms with Gasteiger partial charge in [-0.25, -0.2) is 9.97 Å². The van der Waals surface area contributed by atoms with E-state index in [1.165, 1.54) is 0 Å². The number of aryl methyl sites for hydroxylation is 2. The van der Waals surface area contributed by atoms with Crippen LogP contribution >= 0.6 is 0 Å². The van der Waals surface area contributed by atoms with Gasteiger partial charge in [-0.05, 0) is 38.5 Å². The standard InChI is InChI=1S/C27H25N5O3/c1-13-6-5-7-16-17(8-9-28-25(13)16)26-24-18-11-21(34-4)19(23-14(2)32-35-15(23)3)10-20(18)29-27(24)31-22(12-33)30-26/h5,7-11,13,33H,6,12H2,1-4H3,(H,29,30,31). The summed E-state index contributed by atoms with van der Waals surface area (Å²) in [5.74, 6) is 2.11. The maximum Gasteiger partial charge on any atom is 0.156 e. The van der Waals surface area contributed by atoms with E-state index in [4.69, 9.17) is 14.2 Å². The molecule has 0 radical (unpaired) electrons. The van der Waals surface area contributed by atoms with E-state index in [1.54, 1.807) is 7.11 Å². The molecule has 1 unspecified atom stereocenters. The molecule has 0 saturated carbocycles. The van der Waals surface area contributed by atoms with Crippen LogP contribution in [0, 0.1) is 13.8 Å². The zero-order valence-corrected chi connectivity index (χ0v) is 20.0. The summed E-state index contributed by atoms with van der Waals surface area (Å²) in [7, 11) is 1.66. The van der Waals surface area contributed by atoms with Crippen LogP contribution in [-0.2, 0) is 6.61 Å². The van der Waals surface area contributed by atoms with Crippen molar-refractivity contribution >= 4 is 28.0 Å². The van der Waals surface area contributed by atoms with Gasteiger partial charge in [-0.15, -0.1) is 0 Å². The maximum absolute atomic E-state index is 9.93. The molecule has 8 nitrogen and oxygen atoms in total. The lowest BCUT2D eigenvalue weighted by atomic mass is 9.89. The Bertz CT molecular complexity index is 1630. The molecule has 0 bridgehead atoms. The van der Waals surface area contributed by atoms with Crippen LogP contribution in [0.15, 0.2) is 35.0 Å². The minimum Gasteiger partial charge on any atom is -0.496 e. The van der Waals surface area contributed by atoms with Gasteiger partial charge in [0.2, 0.25) is 0 Å². The smallest absolute Gasteiger partial charge is 0.156 e. The van der Waals surface area contributed by atoms with Crippen LogP contribution in [0.4, 0.5) is 0 Å². The number of pyridine rings is 1. The largest absolute Gasteiger partial charge is 0.496 e. The number of allylic oxidation sites excluding steroid dienone is 1. The second kappa shape index (κ2) is 8.02. The normalized spacial score (nSPS) is 15.2. The fourth-order valence-electron chi connectivity index (χ4n) is 5.13. The fourth-order valence-corrected chi connectivity index (χ4v) is 5.13. The van der Waals surface area contributed by atoms with Crippen molar-refractivity contribution in [2.75, 3.05) is 7.11 Å². The third-order valence-electron chi connectivity index (χ3n) is 6.78. The lowest BCUT2D eigenvalue weighted by Crippen LogP contribution is -2.06. The molecule has 6 rings (SSSR count). The van der Waals surface area contributed by atoms with Crippen LogP contribution < -0.4 is 4.74 Å². The van der Waals surface area contributed by atoms with Crippen molar-refractivity contribution < 1.29 is 14.4 Å².